The van der Waals surface area contributed by atoms with Crippen LogP contribution in [-0.4, -0.2) is 64.0 Å². The maximum Gasteiger partial charge on any atom is 0 e. The fourth-order valence-electron chi connectivity index (χ4n) is 0.631. The Kier molecular flexibility index (Phi) is 468. The molecule has 2 atom stereocenters. The van der Waals surface area contributed by atoms with E-state index < -0.39 is 0 Å². The van der Waals surface area contributed by atoms with Crippen molar-refractivity contribution < 1.29 is 418 Å². The van der Waals surface area contributed by atoms with Crippen LogP contribution in [0, 0.1) is 25.7 Å². The Morgan fingerprint density at radius 3 is 0.811 bits per heavy atom. The van der Waals surface area contributed by atoms with Gasteiger partial charge in [0.05, 0.1) is 0 Å². The van der Waals surface area contributed by atoms with E-state index in [0.29, 0.717) is 18.3 Å². The van der Waals surface area contributed by atoms with E-state index >= 15 is 0 Å². The summed E-state index contributed by atoms with van der Waals surface area (Å²) in [5, 5.41) is 14.1. The van der Waals surface area contributed by atoms with Crippen molar-refractivity contribution in [3.8, 4) is 0 Å². The summed E-state index contributed by atoms with van der Waals surface area (Å²) in [5.74, 6) is 0.804. The fraction of sp³-hybridized carbons (Fsp3) is 0.500. The van der Waals surface area contributed by atoms with E-state index in [1.54, 1.807) is 130 Å². The van der Waals surface area contributed by atoms with Crippen LogP contribution in [-0.2, 0) is 408 Å². The van der Waals surface area contributed by atoms with Crippen molar-refractivity contribution in [1.29, 1.82) is 0 Å². The summed E-state index contributed by atoms with van der Waals surface area (Å²) in [6.07, 6.45) is 3.64. The van der Waals surface area contributed by atoms with E-state index in [0.717, 1.165) is 51.5 Å². The van der Waals surface area contributed by atoms with Crippen LogP contribution in [0.3, 0.4) is 0 Å². The Bertz CT molecular complexity index is 604. The van der Waals surface area contributed by atoms with Crippen LogP contribution in [0.15, 0.2) is 0 Å². The molecule has 0 amide bonds. The van der Waals surface area contributed by atoms with E-state index in [4.69, 9.17) is 24.6 Å². The summed E-state index contributed by atoms with van der Waals surface area (Å²) in [4.78, 5) is 25.9. The maximum atomic E-state index is 9.01. The van der Waals surface area contributed by atoms with E-state index in [9.17, 15) is 0 Å². The average Bonchev–Trinajstić information content (AvgIpc) is 3.16. The standard InChI is InChI=1S/2C6H5.C2O2.C2H3O.4C2H6.CHO2.CHO.Rf.2Rh.16W.2Y/c2*1-4-5-6(2)3;1-4-2-3;1-2-3;4*1-2;2-1-3;1-2;;;;;;;;;;;;;;;;;;;;;/h2*6H,2,5H2;;1H3;4*1-2H3;(H,2,3);2H;;;;;;;;;;;;;;;;;;;;;/q2*-3;-2;-1;;;;;2*-1;;;;;;;;;;;;;;;;;;;;;. The predicted octanol–water partition coefficient (Wildman–Crippen LogP) is 2.59. The first kappa shape index (κ1) is 125. The molecule has 0 aromatic heterocycles. The number of hydrogen-bond acceptors (Lipinski definition) is 5. The number of ether oxygens (including phenoxy) is 1. The van der Waals surface area contributed by atoms with Gasteiger partial charge in [-0.3, -0.25) is 6.29 Å². The molecule has 27 heteroatoms. The van der Waals surface area contributed by atoms with Gasteiger partial charge in [-0.25, -0.2) is 0 Å². The van der Waals surface area contributed by atoms with Crippen molar-refractivity contribution >= 4 is 53.8 Å². The molecular formula is C26H39O6RfRh2W16Y2-11. The maximum absolute atomic E-state index is 9.01. The minimum atomic E-state index is 0. The van der Waals surface area contributed by atoms with Crippen molar-refractivity contribution in [2.75, 3.05) is 0 Å². The topological polar surface area (TPSA) is 101 Å². The van der Waals surface area contributed by atoms with Crippen LogP contribution in [0.25, 0.3) is 0 Å². The van der Waals surface area contributed by atoms with Crippen molar-refractivity contribution in [3.63, 3.8) is 0 Å². The number of carbonyl (C=O) groups excluding carboxylic acids is 2. The Labute approximate surface area is 558 Å². The minimum absolute atomic E-state index is 0. The molecule has 0 aromatic rings. The van der Waals surface area contributed by atoms with Gasteiger partial charge in [-0.05, 0) is 0 Å². The zero-order chi connectivity index (χ0) is 42.8. The SMILES string of the molecule is CC.CC.CC.CC.C[C-]=O.O=[C-]O.O=[C-]O[C-]=[W].O[C-]=[W].[CH2-]C([C-]=[W])C[C](=[W])[C-]=[W].[CH2-]C([C-]=[W])C[C](=[W])[C-]=[W].[Rf].[Rh].[Rh].[W]=[W].[W]=[W].[W]=[W].[W]=[W].[Y].[Y]. The molecular weight excluding hydrogens is 4000 g/mol. The van der Waals surface area contributed by atoms with Gasteiger partial charge in [-0.1, -0.05) is 61.9 Å². The van der Waals surface area contributed by atoms with E-state index in [1.807, 2.05) is 60.0 Å². The smallest absolute Gasteiger partial charge is 0 e. The van der Waals surface area contributed by atoms with Gasteiger partial charge in [0.15, 0.2) is 0 Å². The molecule has 312 valence electrons. The first-order chi connectivity index (χ1) is 23.1. The molecule has 0 bridgehead atoms. The first-order valence-corrected chi connectivity index (χ1v) is 67.4. The predicted molar refractivity (Wildman–Crippen MR) is 141 cm³/mol. The second-order valence-corrected chi connectivity index (χ2v) is 11.7. The molecule has 0 aliphatic carbocycles. The minimum Gasteiger partial charge on any atom is 0 e. The molecule has 0 fully saturated rings. The molecule has 2 N–H and O–H groups in total. The molecule has 0 aromatic carbocycles. The molecule has 2 unspecified atom stereocenters. The third-order valence-electron chi connectivity index (χ3n) is 1.51. The Hall–Kier alpha value is 11.0. The summed E-state index contributed by atoms with van der Waals surface area (Å²) < 4.78 is 23.3. The van der Waals surface area contributed by atoms with Gasteiger partial charge >= 0.3 is 379 Å². The van der Waals surface area contributed by atoms with Gasteiger partial charge in [-0.2, -0.15) is 6.92 Å². The molecule has 0 heterocycles. The van der Waals surface area contributed by atoms with Crippen LogP contribution in [0.5, 0.6) is 0 Å². The molecule has 0 saturated heterocycles. The summed E-state index contributed by atoms with van der Waals surface area (Å²) >= 11 is 24.0. The quantitative estimate of drug-likeness (QED) is 0.258. The van der Waals surface area contributed by atoms with Gasteiger partial charge in [0, 0.05) is 104 Å². The van der Waals surface area contributed by atoms with E-state index in [-0.39, 0.29) is 104 Å². The number of rotatable bonds is 10. The van der Waals surface area contributed by atoms with Crippen molar-refractivity contribution in [1.82, 2.24) is 0 Å². The fourth-order valence-corrected chi connectivity index (χ4v) is 3.40. The Balaban J connectivity index is -0.0000000145. The molecule has 0 rings (SSSR count). The summed E-state index contributed by atoms with van der Waals surface area (Å²) in [6, 6.07) is 0. The third kappa shape index (κ3) is 279. The van der Waals surface area contributed by atoms with E-state index in [2.05, 4.69) is 40.8 Å². The normalized spacial score (nSPS) is 6.11. The number of aliphatic hydroxyl groups is 1. The van der Waals surface area contributed by atoms with Gasteiger partial charge in [0.1, 0.15) is 0 Å². The van der Waals surface area contributed by atoms with Gasteiger partial charge in [-0.15, -0.1) is 0 Å². The van der Waals surface area contributed by atoms with Crippen molar-refractivity contribution in [2.45, 2.75) is 75.2 Å². The Morgan fingerprint density at radius 1 is 0.604 bits per heavy atom. The second kappa shape index (κ2) is 198. The zero-order valence-corrected chi connectivity index (χ0v) is 92.4. The number of aliphatic hydroxyl groups excluding tert-OH is 2. The van der Waals surface area contributed by atoms with Crippen LogP contribution in [0.2, 0.25) is 0 Å². The summed E-state index contributed by atoms with van der Waals surface area (Å²) in [5.41, 5.74) is 0. The largest absolute Gasteiger partial charge is 0 e. The monoisotopic (exact) mass is 4040 g/mol. The zero-order valence-electron chi connectivity index (χ0n) is 30.1. The van der Waals surface area contributed by atoms with Crippen LogP contribution >= 0.6 is 0 Å². The molecule has 0 aliphatic rings. The molecule has 0 spiro atoms. The average molecular weight is 4040 g/mol. The molecule has 53 heavy (non-hydrogen) atoms. The molecule has 4 radical (unpaired) electrons. The number of hydrogen-bond donors (Lipinski definition) is 2. The third-order valence-corrected chi connectivity index (χ3v) is 11.9. The molecule has 6 nitrogen and oxygen atoms in total. The van der Waals surface area contributed by atoms with E-state index in [1.165, 1.54) is 144 Å². The van der Waals surface area contributed by atoms with Crippen LogP contribution in [0.1, 0.15) is 75.2 Å². The van der Waals surface area contributed by atoms with Crippen LogP contribution in [0.4, 0.5) is 0 Å². The van der Waals surface area contributed by atoms with Crippen LogP contribution < -0.4 is 0 Å². The summed E-state index contributed by atoms with van der Waals surface area (Å²) in [7, 11) is 0. The van der Waals surface area contributed by atoms with Crippen molar-refractivity contribution in [3.05, 3.63) is 13.8 Å². The summed E-state index contributed by atoms with van der Waals surface area (Å²) in [6.45, 7) is 26.8. The molecule has 0 saturated carbocycles. The van der Waals surface area contributed by atoms with Crippen molar-refractivity contribution in [2.24, 2.45) is 11.8 Å². The van der Waals surface area contributed by atoms with Gasteiger partial charge in [0.2, 0.25) is 0 Å². The second-order valence-electron chi connectivity index (χ2n) is 3.74. The molecule has 0 aliphatic heterocycles. The van der Waals surface area contributed by atoms with Gasteiger partial charge in [0.25, 0.3) is 0 Å². The first-order valence-electron chi connectivity index (χ1n) is 11.7. The van der Waals surface area contributed by atoms with Gasteiger partial charge < -0.3 is 14.7 Å². The Morgan fingerprint density at radius 2 is 0.755 bits per heavy atom.